The minimum absolute atomic E-state index is 0.00530. The smallest absolute Gasteiger partial charge is 0.424 e. The van der Waals surface area contributed by atoms with E-state index in [-0.39, 0.29) is 31.8 Å². The summed E-state index contributed by atoms with van der Waals surface area (Å²) in [5, 5.41) is 3.27. The molecule has 3 amide bonds. The number of ether oxygens (including phenoxy) is 2. The molecular weight excluding hydrogens is 748 g/mol. The number of hydrogen-bond acceptors (Lipinski definition) is 6. The van der Waals surface area contributed by atoms with E-state index in [9.17, 15) is 19.2 Å². The van der Waals surface area contributed by atoms with Crippen molar-refractivity contribution in [3.05, 3.63) is 91.9 Å². The van der Waals surface area contributed by atoms with Crippen molar-refractivity contribution in [3.63, 3.8) is 0 Å². The van der Waals surface area contributed by atoms with Crippen molar-refractivity contribution in [3.8, 4) is 0 Å². The van der Waals surface area contributed by atoms with Crippen LogP contribution in [0.15, 0.2) is 48.5 Å². The van der Waals surface area contributed by atoms with Crippen molar-refractivity contribution < 1.29 is 37.4 Å². The number of rotatable bonds is 7. The molecule has 8 nitrogen and oxygen atoms in total. The van der Waals surface area contributed by atoms with Crippen LogP contribution in [-0.2, 0) is 20.7 Å². The third kappa shape index (κ3) is 9.15. The molecular formula is C34H31Cl5F2N2O6. The molecule has 4 rings (SSSR count). The van der Waals surface area contributed by atoms with E-state index < -0.39 is 75.0 Å². The summed E-state index contributed by atoms with van der Waals surface area (Å²) in [6, 6.07) is 10.5. The molecule has 1 N–H and O–H groups in total. The molecule has 2 unspecified atom stereocenters. The number of anilines is 2. The highest BCUT2D eigenvalue weighted by Crippen LogP contribution is 2.65. The molecule has 0 aromatic heterocycles. The third-order valence-electron chi connectivity index (χ3n) is 6.99. The summed E-state index contributed by atoms with van der Waals surface area (Å²) >= 11 is 31.3. The van der Waals surface area contributed by atoms with Gasteiger partial charge in [-0.15, -0.1) is 23.2 Å². The summed E-state index contributed by atoms with van der Waals surface area (Å²) in [4.78, 5) is 52.5. The first-order valence-electron chi connectivity index (χ1n) is 14.7. The number of halogens is 7. The molecule has 0 bridgehead atoms. The van der Waals surface area contributed by atoms with Crippen molar-refractivity contribution in [1.29, 1.82) is 0 Å². The number of carbonyl (C=O) groups excluding carboxylic acids is 4. The average molecular weight is 779 g/mol. The Morgan fingerprint density at radius 1 is 0.796 bits per heavy atom. The van der Waals surface area contributed by atoms with Crippen LogP contribution in [0.2, 0.25) is 15.1 Å². The van der Waals surface area contributed by atoms with Gasteiger partial charge in [0.05, 0.1) is 21.0 Å². The van der Waals surface area contributed by atoms with Crippen LogP contribution in [0.5, 0.6) is 0 Å². The fraction of sp³-hybridized carbons (Fsp3) is 0.353. The first-order valence-corrected chi connectivity index (χ1v) is 16.6. The van der Waals surface area contributed by atoms with E-state index in [1.165, 1.54) is 59.7 Å². The largest absolute Gasteiger partial charge is 0.443 e. The zero-order chi connectivity index (χ0) is 36.8. The lowest BCUT2D eigenvalue weighted by Gasteiger charge is -2.29. The second-order valence-electron chi connectivity index (χ2n) is 13.3. The highest BCUT2D eigenvalue weighted by atomic mass is 35.5. The van der Waals surface area contributed by atoms with Crippen LogP contribution < -0.4 is 10.2 Å². The predicted molar refractivity (Wildman–Crippen MR) is 187 cm³/mol. The standard InChI is InChI=1S/C34H31Cl5F2N2O6/c1-32(2,3)48-30(46)43(31(47)49-33(4,5)6)28-23(40)11-16(12-24(28)41)13-25(44)19-15-18(8-10-20(19)35)42-29(45)27-26(34(27,38)39)17-7-9-21(36)22(37)14-17/h7-12,14-15,26-27H,13H2,1-6H3,(H,42,45). The monoisotopic (exact) mass is 776 g/mol. The molecule has 1 aliphatic rings. The van der Waals surface area contributed by atoms with E-state index in [1.54, 1.807) is 18.2 Å². The number of ketones is 1. The highest BCUT2D eigenvalue weighted by molar-refractivity contribution is 6.53. The Morgan fingerprint density at radius 3 is 1.84 bits per heavy atom. The number of Topliss-reactive ketones (excluding diaryl/α,β-unsaturated/α-hetero) is 1. The maximum absolute atomic E-state index is 15.5. The lowest BCUT2D eigenvalue weighted by atomic mass is 10.0. The topological polar surface area (TPSA) is 102 Å². The van der Waals surface area contributed by atoms with Gasteiger partial charge in [-0.1, -0.05) is 40.9 Å². The number of nitrogens with zero attached hydrogens (tertiary/aromatic N) is 1. The molecule has 0 aliphatic heterocycles. The summed E-state index contributed by atoms with van der Waals surface area (Å²) in [6.45, 7) is 9.05. The van der Waals surface area contributed by atoms with E-state index in [4.69, 9.17) is 67.5 Å². The first kappa shape index (κ1) is 38.6. The van der Waals surface area contributed by atoms with Crippen molar-refractivity contribution in [1.82, 2.24) is 0 Å². The minimum Gasteiger partial charge on any atom is -0.443 e. The van der Waals surface area contributed by atoms with Crippen LogP contribution in [0, 0.1) is 17.6 Å². The molecule has 15 heteroatoms. The van der Waals surface area contributed by atoms with Gasteiger partial charge in [0.1, 0.15) is 21.2 Å². The summed E-state index contributed by atoms with van der Waals surface area (Å²) in [5.74, 6) is -5.33. The Labute approximate surface area is 306 Å². The second kappa shape index (κ2) is 14.2. The highest BCUT2D eigenvalue weighted by Gasteiger charge is 2.67. The van der Waals surface area contributed by atoms with Crippen LogP contribution >= 0.6 is 58.0 Å². The Kier molecular flexibility index (Phi) is 11.2. The van der Waals surface area contributed by atoms with Crippen LogP contribution in [-0.4, -0.2) is 39.4 Å². The zero-order valence-electron chi connectivity index (χ0n) is 27.0. The number of imide groups is 1. The number of hydrogen-bond donors (Lipinski definition) is 1. The molecule has 1 aliphatic carbocycles. The number of nitrogens with one attached hydrogen (secondary N) is 1. The third-order valence-corrected chi connectivity index (χ3v) is 9.00. The molecule has 49 heavy (non-hydrogen) atoms. The average Bonchev–Trinajstić information content (AvgIpc) is 3.52. The number of alkyl halides is 2. The Hall–Kier alpha value is -3.15. The molecule has 1 fully saturated rings. The van der Waals surface area contributed by atoms with E-state index in [1.807, 2.05) is 0 Å². The lowest BCUT2D eigenvalue weighted by Crippen LogP contribution is -2.44. The maximum atomic E-state index is 15.5. The quantitative estimate of drug-likeness (QED) is 0.189. The number of carbonyl (C=O) groups is 4. The van der Waals surface area contributed by atoms with Crippen LogP contribution in [0.25, 0.3) is 0 Å². The molecule has 1 saturated carbocycles. The van der Waals surface area contributed by atoms with Gasteiger partial charge in [0.25, 0.3) is 0 Å². The molecule has 3 aromatic carbocycles. The molecule has 0 spiro atoms. The van der Waals surface area contributed by atoms with E-state index >= 15 is 8.78 Å². The summed E-state index contributed by atoms with van der Waals surface area (Å²) in [6.07, 6.45) is -3.29. The van der Waals surface area contributed by atoms with E-state index in [2.05, 4.69) is 5.32 Å². The molecule has 0 heterocycles. The van der Waals surface area contributed by atoms with Crippen LogP contribution in [0.1, 0.15) is 68.9 Å². The number of benzene rings is 3. The van der Waals surface area contributed by atoms with Gasteiger partial charge < -0.3 is 14.8 Å². The van der Waals surface area contributed by atoms with E-state index in [0.717, 1.165) is 12.1 Å². The van der Waals surface area contributed by atoms with Crippen LogP contribution in [0.4, 0.5) is 29.7 Å². The lowest BCUT2D eigenvalue weighted by molar-refractivity contribution is -0.117. The van der Waals surface area contributed by atoms with Crippen LogP contribution in [0.3, 0.4) is 0 Å². The van der Waals surface area contributed by atoms with Gasteiger partial charge >= 0.3 is 12.2 Å². The van der Waals surface area contributed by atoms with Gasteiger partial charge in [-0.2, -0.15) is 4.90 Å². The molecule has 2 atom stereocenters. The summed E-state index contributed by atoms with van der Waals surface area (Å²) in [7, 11) is 0. The fourth-order valence-electron chi connectivity index (χ4n) is 4.90. The van der Waals surface area contributed by atoms with Gasteiger partial charge in [0.2, 0.25) is 5.91 Å². The Morgan fingerprint density at radius 2 is 1.33 bits per heavy atom. The van der Waals surface area contributed by atoms with Crippen molar-refractivity contribution in [2.24, 2.45) is 5.92 Å². The maximum Gasteiger partial charge on any atom is 0.424 e. The summed E-state index contributed by atoms with van der Waals surface area (Å²) in [5.41, 5.74) is -2.69. The molecule has 0 radical (unpaired) electrons. The van der Waals surface area contributed by atoms with Gasteiger partial charge in [-0.3, -0.25) is 9.59 Å². The SMILES string of the molecule is CC(C)(C)OC(=O)N(C(=O)OC(C)(C)C)c1c(F)cc(CC(=O)c2cc(NC(=O)C3C(c4ccc(Cl)c(Cl)c4)C3(Cl)Cl)ccc2Cl)cc1F. The molecule has 262 valence electrons. The van der Waals surface area contributed by atoms with Gasteiger partial charge in [-0.25, -0.2) is 18.4 Å². The molecule has 0 saturated heterocycles. The van der Waals surface area contributed by atoms with Crippen molar-refractivity contribution in [2.45, 2.75) is 69.4 Å². The van der Waals surface area contributed by atoms with Gasteiger partial charge in [0, 0.05) is 23.6 Å². The normalized spacial score (nSPS) is 16.8. The van der Waals surface area contributed by atoms with E-state index in [0.29, 0.717) is 10.6 Å². The number of amides is 3. The minimum atomic E-state index is -1.44. The van der Waals surface area contributed by atoms with Gasteiger partial charge in [0.15, 0.2) is 17.4 Å². The zero-order valence-corrected chi connectivity index (χ0v) is 30.8. The van der Waals surface area contributed by atoms with Gasteiger partial charge in [-0.05, 0) is 95.1 Å². The Balaban J connectivity index is 1.55. The first-order chi connectivity index (χ1) is 22.5. The van der Waals surface area contributed by atoms with Crippen molar-refractivity contribution >= 4 is 93.3 Å². The Bertz CT molecular complexity index is 1790. The second-order valence-corrected chi connectivity index (χ2v) is 16.0. The molecule has 3 aromatic rings. The predicted octanol–water partition coefficient (Wildman–Crippen LogP) is 10.6. The fourth-order valence-corrected chi connectivity index (χ4v) is 6.25. The van der Waals surface area contributed by atoms with Crippen molar-refractivity contribution in [2.75, 3.05) is 10.2 Å². The summed E-state index contributed by atoms with van der Waals surface area (Å²) < 4.78 is 40.0.